The number of aromatic nitrogens is 6. The Hall–Kier alpha value is -3.69. The smallest absolute Gasteiger partial charge is 0.358 e. The van der Waals surface area contributed by atoms with Gasteiger partial charge in [-0.25, -0.2) is 18.3 Å². The second kappa shape index (κ2) is 5.99. The van der Waals surface area contributed by atoms with Gasteiger partial charge in [0.05, 0.1) is 6.54 Å². The van der Waals surface area contributed by atoms with Crippen LogP contribution in [-0.2, 0) is 6.54 Å². The van der Waals surface area contributed by atoms with Crippen molar-refractivity contribution in [1.82, 2.24) is 30.4 Å². The van der Waals surface area contributed by atoms with Crippen molar-refractivity contribution in [3.05, 3.63) is 59.3 Å². The van der Waals surface area contributed by atoms with Crippen molar-refractivity contribution in [3.8, 4) is 11.3 Å². The Bertz CT molecular complexity index is 1120. The van der Waals surface area contributed by atoms with Crippen molar-refractivity contribution in [2.75, 3.05) is 0 Å². The minimum atomic E-state index is -1.32. The molecule has 8 nitrogen and oxygen atoms in total. The van der Waals surface area contributed by atoms with Crippen molar-refractivity contribution < 1.29 is 18.7 Å². The van der Waals surface area contributed by atoms with Crippen LogP contribution in [0.4, 0.5) is 8.78 Å². The number of benzene rings is 2. The minimum Gasteiger partial charge on any atom is -0.476 e. The van der Waals surface area contributed by atoms with Gasteiger partial charge in [-0.1, -0.05) is 23.4 Å². The maximum atomic E-state index is 14.0. The van der Waals surface area contributed by atoms with Gasteiger partial charge in [0.25, 0.3) is 0 Å². The highest BCUT2D eigenvalue weighted by molar-refractivity contribution is 5.98. The Labute approximate surface area is 144 Å². The number of carboxylic acids is 1. The molecular weight excluding hydrogens is 346 g/mol. The van der Waals surface area contributed by atoms with Gasteiger partial charge in [-0.05, 0) is 18.2 Å². The number of rotatable bonds is 4. The number of halogens is 2. The van der Waals surface area contributed by atoms with Crippen molar-refractivity contribution in [2.24, 2.45) is 0 Å². The Morgan fingerprint density at radius 1 is 1.12 bits per heavy atom. The highest BCUT2D eigenvalue weighted by Crippen LogP contribution is 2.29. The monoisotopic (exact) mass is 356 g/mol. The first-order chi connectivity index (χ1) is 12.6. The first-order valence-corrected chi connectivity index (χ1v) is 7.46. The highest BCUT2D eigenvalue weighted by atomic mass is 19.1. The van der Waals surface area contributed by atoms with Crippen LogP contribution in [0.25, 0.3) is 22.3 Å². The van der Waals surface area contributed by atoms with E-state index in [0.29, 0.717) is 16.6 Å². The molecule has 0 fully saturated rings. The van der Waals surface area contributed by atoms with Gasteiger partial charge in [0, 0.05) is 11.1 Å². The lowest BCUT2D eigenvalue weighted by Gasteiger charge is -2.09. The van der Waals surface area contributed by atoms with Crippen molar-refractivity contribution in [3.63, 3.8) is 0 Å². The molecule has 0 amide bonds. The number of hydrogen-bond donors (Lipinski definition) is 2. The lowest BCUT2D eigenvalue weighted by Crippen LogP contribution is -2.09. The molecule has 10 heteroatoms. The van der Waals surface area contributed by atoms with E-state index in [-0.39, 0.29) is 23.5 Å². The van der Waals surface area contributed by atoms with Crippen LogP contribution in [0.15, 0.2) is 36.4 Å². The van der Waals surface area contributed by atoms with Crippen LogP contribution in [0.3, 0.4) is 0 Å². The van der Waals surface area contributed by atoms with Crippen LogP contribution in [-0.4, -0.2) is 41.5 Å². The molecule has 0 saturated heterocycles. The number of H-pyrrole nitrogens is 1. The molecule has 0 spiro atoms. The molecule has 0 bridgehead atoms. The molecule has 2 heterocycles. The lowest BCUT2D eigenvalue weighted by molar-refractivity contribution is 0.0691. The quantitative estimate of drug-likeness (QED) is 0.580. The van der Waals surface area contributed by atoms with Crippen molar-refractivity contribution in [2.45, 2.75) is 6.54 Å². The third-order valence-electron chi connectivity index (χ3n) is 3.91. The van der Waals surface area contributed by atoms with E-state index >= 15 is 0 Å². The van der Waals surface area contributed by atoms with Crippen LogP contribution in [0.1, 0.15) is 16.1 Å². The minimum absolute atomic E-state index is 0.0830. The summed E-state index contributed by atoms with van der Waals surface area (Å²) < 4.78 is 29.1. The molecule has 2 aromatic heterocycles. The first kappa shape index (κ1) is 15.8. The summed E-state index contributed by atoms with van der Waals surface area (Å²) in [6.45, 7) is -0.331. The molecule has 130 valence electrons. The lowest BCUT2D eigenvalue weighted by atomic mass is 10.1. The number of aromatic amines is 1. The van der Waals surface area contributed by atoms with Crippen molar-refractivity contribution >= 4 is 17.0 Å². The summed E-state index contributed by atoms with van der Waals surface area (Å²) in [5, 5.41) is 27.3. The topological polar surface area (TPSA) is 110 Å². The average molecular weight is 356 g/mol. The third kappa shape index (κ3) is 2.48. The van der Waals surface area contributed by atoms with Gasteiger partial charge in [-0.2, -0.15) is 15.4 Å². The number of nitrogens with one attached hydrogen (secondary N) is 1. The Morgan fingerprint density at radius 2 is 1.85 bits per heavy atom. The number of fused-ring (bicyclic) bond motifs is 1. The van der Waals surface area contributed by atoms with E-state index in [9.17, 15) is 18.7 Å². The fraction of sp³-hybridized carbons (Fsp3) is 0.0625. The molecule has 0 radical (unpaired) electrons. The Balaban J connectivity index is 1.93. The van der Waals surface area contributed by atoms with E-state index in [1.807, 2.05) is 0 Å². The summed E-state index contributed by atoms with van der Waals surface area (Å²) in [6, 6.07) is 8.44. The molecule has 4 rings (SSSR count). The van der Waals surface area contributed by atoms with Gasteiger partial charge in [-0.15, -0.1) is 5.10 Å². The number of para-hydroxylation sites is 1. The molecule has 4 aromatic rings. The van der Waals surface area contributed by atoms with Crippen molar-refractivity contribution in [1.29, 1.82) is 0 Å². The third-order valence-corrected chi connectivity index (χ3v) is 3.91. The van der Waals surface area contributed by atoms with Crippen LogP contribution in [0, 0.1) is 11.6 Å². The van der Waals surface area contributed by atoms with E-state index < -0.39 is 17.6 Å². The zero-order chi connectivity index (χ0) is 18.3. The Kier molecular flexibility index (Phi) is 3.64. The van der Waals surface area contributed by atoms with E-state index in [4.69, 9.17) is 0 Å². The predicted octanol–water partition coefficient (Wildman–Crippen LogP) is 2.24. The van der Waals surface area contributed by atoms with E-state index in [1.54, 1.807) is 18.2 Å². The summed E-state index contributed by atoms with van der Waals surface area (Å²) in [5.41, 5.74) is 0.770. The molecule has 0 atom stereocenters. The van der Waals surface area contributed by atoms with Gasteiger partial charge in [0.15, 0.2) is 5.69 Å². The molecule has 0 aliphatic rings. The second-order valence-corrected chi connectivity index (χ2v) is 5.45. The normalized spacial score (nSPS) is 11.2. The van der Waals surface area contributed by atoms with Gasteiger partial charge >= 0.3 is 5.97 Å². The number of hydrogen-bond acceptors (Lipinski definition) is 5. The summed E-state index contributed by atoms with van der Waals surface area (Å²) in [6.07, 6.45) is 0. The van der Waals surface area contributed by atoms with E-state index in [0.717, 1.165) is 16.8 Å². The average Bonchev–Trinajstić information content (AvgIpc) is 3.24. The summed E-state index contributed by atoms with van der Waals surface area (Å²) in [5.74, 6) is -2.84. The maximum Gasteiger partial charge on any atom is 0.358 e. The molecule has 0 saturated carbocycles. The zero-order valence-electron chi connectivity index (χ0n) is 13.0. The fourth-order valence-corrected chi connectivity index (χ4v) is 2.73. The van der Waals surface area contributed by atoms with Gasteiger partial charge in [0.1, 0.15) is 28.4 Å². The number of nitrogens with zero attached hydrogens (tertiary/aromatic N) is 5. The van der Waals surface area contributed by atoms with E-state index in [1.165, 1.54) is 6.07 Å². The first-order valence-electron chi connectivity index (χ1n) is 7.46. The highest BCUT2D eigenvalue weighted by Gasteiger charge is 2.24. The van der Waals surface area contributed by atoms with Gasteiger partial charge in [0.2, 0.25) is 0 Å². The molecule has 2 aromatic carbocycles. The SMILES string of the molecule is O=C(O)c1nnn(Cc2c(F)cccc2F)c1-c1cccc2n[nH]nc12. The molecule has 0 aliphatic carbocycles. The standard InChI is InChI=1S/C16H10F2N6O2/c17-10-4-2-5-11(18)9(10)7-24-15(14(16(25)26)21-23-24)8-3-1-6-12-13(8)20-22-19-12/h1-6H,7H2,(H,25,26)(H,19,20,22). The molecule has 26 heavy (non-hydrogen) atoms. The number of aromatic carboxylic acids is 1. The van der Waals surface area contributed by atoms with Crippen LogP contribution >= 0.6 is 0 Å². The molecule has 2 N–H and O–H groups in total. The summed E-state index contributed by atoms with van der Waals surface area (Å²) in [4.78, 5) is 11.6. The largest absolute Gasteiger partial charge is 0.476 e. The molecule has 0 aliphatic heterocycles. The van der Waals surface area contributed by atoms with Gasteiger partial charge < -0.3 is 5.11 Å². The second-order valence-electron chi connectivity index (χ2n) is 5.45. The summed E-state index contributed by atoms with van der Waals surface area (Å²) >= 11 is 0. The van der Waals surface area contributed by atoms with Gasteiger partial charge in [-0.3, -0.25) is 0 Å². The fourth-order valence-electron chi connectivity index (χ4n) is 2.73. The Morgan fingerprint density at radius 3 is 2.58 bits per heavy atom. The van der Waals surface area contributed by atoms with Crippen LogP contribution in [0.2, 0.25) is 0 Å². The van der Waals surface area contributed by atoms with E-state index in [2.05, 4.69) is 25.7 Å². The molecule has 0 unspecified atom stereocenters. The number of carbonyl (C=O) groups is 1. The zero-order valence-corrected chi connectivity index (χ0v) is 13.0. The van der Waals surface area contributed by atoms with Crippen LogP contribution < -0.4 is 0 Å². The summed E-state index contributed by atoms with van der Waals surface area (Å²) in [7, 11) is 0. The number of carboxylic acid groups (broad SMARTS) is 1. The maximum absolute atomic E-state index is 14.0. The van der Waals surface area contributed by atoms with Crippen LogP contribution in [0.5, 0.6) is 0 Å². The molecular formula is C16H10F2N6O2. The predicted molar refractivity (Wildman–Crippen MR) is 85.3 cm³/mol.